The number of aliphatic imine (C=N–C) groups is 2. The van der Waals surface area contributed by atoms with Crippen molar-refractivity contribution in [2.45, 2.75) is 4.90 Å². The van der Waals surface area contributed by atoms with Gasteiger partial charge in [0.05, 0.1) is 5.69 Å². The Morgan fingerprint density at radius 2 is 1.81 bits per heavy atom. The zero-order valence-corrected chi connectivity index (χ0v) is 10.4. The minimum atomic E-state index is -0.0992. The lowest BCUT2D eigenvalue weighted by molar-refractivity contribution is 1.33. The van der Waals surface area contributed by atoms with Gasteiger partial charge >= 0.3 is 0 Å². The Labute approximate surface area is 105 Å². The normalized spacial score (nSPS) is 10.4. The smallest absolute Gasteiger partial charge is 0.223 e. The fraction of sp³-hybridized carbons (Fsp3) is 0.111. The average molecular weight is 260 g/mol. The molecule has 0 aliphatic rings. The number of para-hydroxylation sites is 1. The molecule has 0 spiro atoms. The molecule has 0 amide bonds. The molecule has 0 saturated heterocycles. The molecule has 0 atom stereocenters. The van der Waals surface area contributed by atoms with Crippen LogP contribution in [0.2, 0.25) is 0 Å². The summed E-state index contributed by atoms with van der Waals surface area (Å²) in [6, 6.07) is 7.61. The summed E-state index contributed by atoms with van der Waals surface area (Å²) in [5.41, 5.74) is 16.6. The van der Waals surface area contributed by atoms with Crippen molar-refractivity contribution in [2.24, 2.45) is 27.2 Å². The van der Waals surface area contributed by atoms with E-state index in [1.165, 1.54) is 0 Å². The van der Waals surface area contributed by atoms with Crippen LogP contribution in [0.4, 0.5) is 5.69 Å². The molecule has 5 nitrogen and oxygen atoms in total. The lowest BCUT2D eigenvalue weighted by atomic mass is 10.3. The predicted octanol–water partition coefficient (Wildman–Crippen LogP) is 1.05. The van der Waals surface area contributed by atoms with Gasteiger partial charge in [0.25, 0.3) is 0 Å². The third-order valence-corrected chi connectivity index (χ3v) is 2.35. The van der Waals surface area contributed by atoms with Crippen LogP contribution in [-0.4, -0.2) is 18.2 Å². The molecular formula is C9H14ClN5S. The van der Waals surface area contributed by atoms with E-state index in [4.69, 9.17) is 17.2 Å². The van der Waals surface area contributed by atoms with Crippen LogP contribution in [0.3, 0.4) is 0 Å². The Bertz CT molecular complexity index is 401. The van der Waals surface area contributed by atoms with Gasteiger partial charge in [0.15, 0.2) is 5.96 Å². The van der Waals surface area contributed by atoms with Crippen LogP contribution >= 0.6 is 24.2 Å². The third-order valence-electron chi connectivity index (χ3n) is 1.56. The zero-order chi connectivity index (χ0) is 11.3. The van der Waals surface area contributed by atoms with Crippen molar-refractivity contribution in [3.05, 3.63) is 24.3 Å². The minimum absolute atomic E-state index is 0. The Hall–Kier alpha value is -1.40. The summed E-state index contributed by atoms with van der Waals surface area (Å²) in [6.45, 7) is 0. The molecular weight excluding hydrogens is 246 g/mol. The van der Waals surface area contributed by atoms with Crippen LogP contribution in [-0.2, 0) is 0 Å². The Morgan fingerprint density at radius 1 is 1.19 bits per heavy atom. The number of rotatable bonds is 2. The first kappa shape index (κ1) is 14.6. The fourth-order valence-electron chi connectivity index (χ4n) is 1.00. The van der Waals surface area contributed by atoms with Gasteiger partial charge in [-0.2, -0.15) is 4.99 Å². The van der Waals surface area contributed by atoms with E-state index in [2.05, 4.69) is 9.98 Å². The molecule has 88 valence electrons. The number of halogens is 1. The summed E-state index contributed by atoms with van der Waals surface area (Å²) in [4.78, 5) is 8.75. The van der Waals surface area contributed by atoms with E-state index in [0.717, 1.165) is 10.6 Å². The molecule has 0 unspecified atom stereocenters. The van der Waals surface area contributed by atoms with Gasteiger partial charge in [0.1, 0.15) is 0 Å². The number of thioether (sulfide) groups is 1. The second-order valence-corrected chi connectivity index (χ2v) is 3.53. The highest BCUT2D eigenvalue weighted by molar-refractivity contribution is 7.98. The van der Waals surface area contributed by atoms with Crippen LogP contribution in [0.5, 0.6) is 0 Å². The molecule has 0 aliphatic heterocycles. The van der Waals surface area contributed by atoms with Crippen molar-refractivity contribution < 1.29 is 0 Å². The largest absolute Gasteiger partial charge is 0.370 e. The number of nitrogens with two attached hydrogens (primary N) is 3. The molecule has 0 fully saturated rings. The summed E-state index contributed by atoms with van der Waals surface area (Å²) in [5.74, 6) is -0.0469. The van der Waals surface area contributed by atoms with Crippen molar-refractivity contribution in [3.63, 3.8) is 0 Å². The molecule has 1 aromatic rings. The molecule has 0 heterocycles. The van der Waals surface area contributed by atoms with Crippen molar-refractivity contribution >= 4 is 41.8 Å². The molecule has 1 aromatic carbocycles. The van der Waals surface area contributed by atoms with Crippen molar-refractivity contribution in [2.75, 3.05) is 6.26 Å². The maximum atomic E-state index is 5.52. The zero-order valence-electron chi connectivity index (χ0n) is 8.75. The van der Waals surface area contributed by atoms with Crippen LogP contribution in [0, 0.1) is 0 Å². The van der Waals surface area contributed by atoms with Gasteiger partial charge in [0, 0.05) is 4.90 Å². The first-order valence-corrected chi connectivity index (χ1v) is 5.42. The third kappa shape index (κ3) is 4.41. The van der Waals surface area contributed by atoms with Crippen molar-refractivity contribution in [1.82, 2.24) is 0 Å². The molecule has 0 aromatic heterocycles. The maximum Gasteiger partial charge on any atom is 0.223 e. The summed E-state index contributed by atoms with van der Waals surface area (Å²) < 4.78 is 0. The Morgan fingerprint density at radius 3 is 2.38 bits per heavy atom. The van der Waals surface area contributed by atoms with Crippen molar-refractivity contribution in [3.8, 4) is 0 Å². The molecule has 0 radical (unpaired) electrons. The Kier molecular flexibility index (Phi) is 6.36. The standard InChI is InChI=1S/C9H13N5S.ClH/c1-15-7-5-3-2-4-6(7)13-9(12)14-8(10)11;/h2-5H,1H3,(H6,10,11,12,13,14);1H. The molecule has 1 rings (SSSR count). The topological polar surface area (TPSA) is 103 Å². The van der Waals surface area contributed by atoms with Crippen molar-refractivity contribution in [1.29, 1.82) is 0 Å². The summed E-state index contributed by atoms with van der Waals surface area (Å²) >= 11 is 1.58. The summed E-state index contributed by atoms with van der Waals surface area (Å²) in [5, 5.41) is 0. The van der Waals surface area contributed by atoms with Gasteiger partial charge in [-0.15, -0.1) is 24.2 Å². The number of hydrogen-bond donors (Lipinski definition) is 3. The van der Waals surface area contributed by atoms with E-state index >= 15 is 0 Å². The van der Waals surface area contributed by atoms with Crippen LogP contribution in [0.1, 0.15) is 0 Å². The summed E-state index contributed by atoms with van der Waals surface area (Å²) in [7, 11) is 0. The molecule has 0 saturated carbocycles. The highest BCUT2D eigenvalue weighted by Crippen LogP contribution is 2.27. The molecule has 0 bridgehead atoms. The number of guanidine groups is 2. The van der Waals surface area contributed by atoms with Gasteiger partial charge in [-0.1, -0.05) is 12.1 Å². The molecule has 7 heteroatoms. The van der Waals surface area contributed by atoms with Gasteiger partial charge < -0.3 is 17.2 Å². The summed E-state index contributed by atoms with van der Waals surface area (Å²) in [6.07, 6.45) is 1.96. The van der Waals surface area contributed by atoms with Gasteiger partial charge in [-0.25, -0.2) is 4.99 Å². The number of hydrogen-bond acceptors (Lipinski definition) is 2. The van der Waals surface area contributed by atoms with Crippen LogP contribution in [0.15, 0.2) is 39.1 Å². The second-order valence-electron chi connectivity index (χ2n) is 2.68. The number of benzene rings is 1. The number of nitrogens with zero attached hydrogens (tertiary/aromatic N) is 2. The Balaban J connectivity index is 0.00000225. The van der Waals surface area contributed by atoms with E-state index in [1.807, 2.05) is 30.5 Å². The highest BCUT2D eigenvalue weighted by atomic mass is 35.5. The van der Waals surface area contributed by atoms with Gasteiger partial charge in [-0.3, -0.25) is 0 Å². The highest BCUT2D eigenvalue weighted by Gasteiger charge is 1.99. The monoisotopic (exact) mass is 259 g/mol. The minimum Gasteiger partial charge on any atom is -0.370 e. The average Bonchev–Trinajstić information content (AvgIpc) is 2.17. The van der Waals surface area contributed by atoms with E-state index in [1.54, 1.807) is 11.8 Å². The first-order valence-electron chi connectivity index (χ1n) is 4.20. The van der Waals surface area contributed by atoms with E-state index in [-0.39, 0.29) is 24.3 Å². The lowest BCUT2D eigenvalue weighted by Crippen LogP contribution is -2.26. The van der Waals surface area contributed by atoms with E-state index in [0.29, 0.717) is 0 Å². The molecule has 6 N–H and O–H groups in total. The van der Waals surface area contributed by atoms with E-state index < -0.39 is 0 Å². The molecule has 16 heavy (non-hydrogen) atoms. The predicted molar refractivity (Wildman–Crippen MR) is 72.6 cm³/mol. The molecule has 0 aliphatic carbocycles. The first-order chi connectivity index (χ1) is 7.13. The quantitative estimate of drug-likeness (QED) is 0.420. The van der Waals surface area contributed by atoms with Crippen LogP contribution < -0.4 is 17.2 Å². The second kappa shape index (κ2) is 6.97. The maximum absolute atomic E-state index is 5.52. The SMILES string of the molecule is CSc1ccccc1N=C(N)N=C(N)N.Cl. The van der Waals surface area contributed by atoms with Crippen LogP contribution in [0.25, 0.3) is 0 Å². The van der Waals surface area contributed by atoms with E-state index in [9.17, 15) is 0 Å². The fourth-order valence-corrected chi connectivity index (χ4v) is 1.54. The van der Waals surface area contributed by atoms with Gasteiger partial charge in [-0.05, 0) is 18.4 Å². The van der Waals surface area contributed by atoms with Gasteiger partial charge in [0.2, 0.25) is 5.96 Å². The lowest BCUT2D eigenvalue weighted by Gasteiger charge is -2.01.